The number of benzene rings is 2. The summed E-state index contributed by atoms with van der Waals surface area (Å²) in [5, 5.41) is 9.41. The van der Waals surface area contributed by atoms with Crippen molar-refractivity contribution in [2.45, 2.75) is 0 Å². The quantitative estimate of drug-likeness (QED) is 0.496. The van der Waals surface area contributed by atoms with Crippen LogP contribution in [0.15, 0.2) is 61.1 Å². The second-order valence-electron chi connectivity index (χ2n) is 6.54. The van der Waals surface area contributed by atoms with Gasteiger partial charge >= 0.3 is 0 Å². The maximum atomic E-state index is 12.9. The summed E-state index contributed by atoms with van der Waals surface area (Å²) in [7, 11) is 3.22. The molecule has 0 unspecified atom stereocenters. The highest BCUT2D eigenvalue weighted by Crippen LogP contribution is 2.30. The molecular formula is C22H16ClN5O2. The number of carbonyl (C=O) groups is 1. The van der Waals surface area contributed by atoms with Gasteiger partial charge in [0.2, 0.25) is 0 Å². The normalized spacial score (nSPS) is 10.6. The highest BCUT2D eigenvalue weighted by Gasteiger charge is 2.17. The standard InChI is InChI=1S/C22H16ClN5O2/c1-27(16-6-3-14(10-24)4-7-16)22(29)19-13-28-12-18(26-21(28)11-25-19)15-5-8-20(30-2)17(23)9-15/h3-9,11-13H,1-2H3. The van der Waals surface area contributed by atoms with E-state index in [9.17, 15) is 4.79 Å². The Kier molecular flexibility index (Phi) is 5.09. The molecule has 0 saturated heterocycles. The van der Waals surface area contributed by atoms with Gasteiger partial charge in [-0.15, -0.1) is 0 Å². The summed E-state index contributed by atoms with van der Waals surface area (Å²) in [5.41, 5.74) is 3.60. The highest BCUT2D eigenvalue weighted by atomic mass is 35.5. The fourth-order valence-electron chi connectivity index (χ4n) is 3.02. The molecule has 0 aliphatic carbocycles. The molecule has 4 aromatic rings. The third-order valence-corrected chi connectivity index (χ3v) is 4.99. The molecule has 1 amide bonds. The molecule has 8 heteroatoms. The monoisotopic (exact) mass is 417 g/mol. The van der Waals surface area contributed by atoms with E-state index in [-0.39, 0.29) is 11.6 Å². The molecule has 0 radical (unpaired) electrons. The summed E-state index contributed by atoms with van der Waals surface area (Å²) in [6, 6.07) is 14.3. The summed E-state index contributed by atoms with van der Waals surface area (Å²) in [6.07, 6.45) is 5.00. The van der Waals surface area contributed by atoms with Crippen molar-refractivity contribution in [3.05, 3.63) is 77.3 Å². The molecule has 0 bridgehead atoms. The first-order valence-corrected chi connectivity index (χ1v) is 9.35. The molecule has 0 fully saturated rings. The lowest BCUT2D eigenvalue weighted by Crippen LogP contribution is -2.27. The number of nitriles is 1. The molecule has 4 rings (SSSR count). The topological polar surface area (TPSA) is 83.5 Å². The molecule has 2 aromatic heterocycles. The van der Waals surface area contributed by atoms with Crippen LogP contribution in [0.25, 0.3) is 16.9 Å². The minimum absolute atomic E-state index is 0.270. The van der Waals surface area contributed by atoms with E-state index in [4.69, 9.17) is 21.6 Å². The van der Waals surface area contributed by atoms with Crippen LogP contribution in [0.2, 0.25) is 5.02 Å². The van der Waals surface area contributed by atoms with Gasteiger partial charge in [0.1, 0.15) is 11.4 Å². The average Bonchev–Trinajstić information content (AvgIpc) is 3.21. The number of halogens is 1. The van der Waals surface area contributed by atoms with Crippen LogP contribution in [0.5, 0.6) is 5.75 Å². The van der Waals surface area contributed by atoms with Crippen molar-refractivity contribution in [2.24, 2.45) is 0 Å². The fraction of sp³-hybridized carbons (Fsp3) is 0.0909. The minimum atomic E-state index is -0.274. The Morgan fingerprint density at radius 3 is 2.63 bits per heavy atom. The Balaban J connectivity index is 1.64. The number of amides is 1. The third-order valence-electron chi connectivity index (χ3n) is 4.70. The maximum Gasteiger partial charge on any atom is 0.278 e. The van der Waals surface area contributed by atoms with Crippen molar-refractivity contribution in [3.63, 3.8) is 0 Å². The van der Waals surface area contributed by atoms with E-state index in [2.05, 4.69) is 16.0 Å². The number of aromatic nitrogens is 3. The Morgan fingerprint density at radius 1 is 1.20 bits per heavy atom. The number of fused-ring (bicyclic) bond motifs is 1. The molecule has 0 aliphatic rings. The zero-order valence-electron chi connectivity index (χ0n) is 16.2. The molecule has 30 heavy (non-hydrogen) atoms. The molecule has 0 saturated carbocycles. The molecule has 0 N–H and O–H groups in total. The highest BCUT2D eigenvalue weighted by molar-refractivity contribution is 6.32. The van der Waals surface area contributed by atoms with Gasteiger partial charge in [-0.05, 0) is 42.5 Å². The van der Waals surface area contributed by atoms with Crippen LogP contribution in [0.4, 0.5) is 5.69 Å². The molecule has 7 nitrogen and oxygen atoms in total. The molecular weight excluding hydrogens is 402 g/mol. The van der Waals surface area contributed by atoms with Crippen LogP contribution in [-0.4, -0.2) is 34.4 Å². The van der Waals surface area contributed by atoms with Crippen LogP contribution >= 0.6 is 11.6 Å². The summed E-state index contributed by atoms with van der Waals surface area (Å²) < 4.78 is 6.93. The summed E-state index contributed by atoms with van der Waals surface area (Å²) in [5.74, 6) is 0.314. The number of hydrogen-bond acceptors (Lipinski definition) is 5. The van der Waals surface area contributed by atoms with Crippen LogP contribution in [0, 0.1) is 11.3 Å². The first-order valence-electron chi connectivity index (χ1n) is 8.97. The Labute approximate surface area is 177 Å². The van der Waals surface area contributed by atoms with E-state index in [1.165, 1.54) is 4.90 Å². The maximum absolute atomic E-state index is 12.9. The number of imidazole rings is 1. The second kappa shape index (κ2) is 7.85. The number of ether oxygens (including phenoxy) is 1. The summed E-state index contributed by atoms with van der Waals surface area (Å²) in [4.78, 5) is 23.2. The van der Waals surface area contributed by atoms with Gasteiger partial charge in [-0.3, -0.25) is 4.79 Å². The Morgan fingerprint density at radius 2 is 1.97 bits per heavy atom. The Hall–Kier alpha value is -3.89. The van der Waals surface area contributed by atoms with Crippen LogP contribution in [-0.2, 0) is 0 Å². The van der Waals surface area contributed by atoms with Crippen LogP contribution in [0.3, 0.4) is 0 Å². The molecule has 0 aliphatic heterocycles. The van der Waals surface area contributed by atoms with E-state index < -0.39 is 0 Å². The fourth-order valence-corrected chi connectivity index (χ4v) is 3.28. The lowest BCUT2D eigenvalue weighted by atomic mass is 10.1. The number of hydrogen-bond donors (Lipinski definition) is 0. The third kappa shape index (κ3) is 3.56. The van der Waals surface area contributed by atoms with Crippen LogP contribution < -0.4 is 9.64 Å². The van der Waals surface area contributed by atoms with Gasteiger partial charge in [0.15, 0.2) is 5.65 Å². The van der Waals surface area contributed by atoms with Crippen molar-refractivity contribution < 1.29 is 9.53 Å². The number of methoxy groups -OCH3 is 1. The van der Waals surface area contributed by atoms with E-state index >= 15 is 0 Å². The second-order valence-corrected chi connectivity index (χ2v) is 6.94. The van der Waals surface area contributed by atoms with Gasteiger partial charge < -0.3 is 14.0 Å². The average molecular weight is 418 g/mol. The van der Waals surface area contributed by atoms with Crippen molar-refractivity contribution >= 4 is 28.8 Å². The smallest absolute Gasteiger partial charge is 0.278 e. The Bertz CT molecular complexity index is 1290. The lowest BCUT2D eigenvalue weighted by Gasteiger charge is -2.16. The molecule has 2 aromatic carbocycles. The first-order chi connectivity index (χ1) is 14.5. The molecule has 0 atom stereocenters. The van der Waals surface area contributed by atoms with Crippen molar-refractivity contribution in [3.8, 4) is 23.1 Å². The van der Waals surface area contributed by atoms with E-state index in [0.717, 1.165) is 5.56 Å². The molecule has 2 heterocycles. The largest absolute Gasteiger partial charge is 0.495 e. The predicted octanol–water partition coefficient (Wildman–Crippen LogP) is 4.21. The molecule has 148 valence electrons. The van der Waals surface area contributed by atoms with Crippen LogP contribution in [0.1, 0.15) is 16.1 Å². The zero-order chi connectivity index (χ0) is 21.3. The van der Waals surface area contributed by atoms with Crippen molar-refractivity contribution in [1.82, 2.24) is 14.4 Å². The summed E-state index contributed by atoms with van der Waals surface area (Å²) in [6.45, 7) is 0. The van der Waals surface area contributed by atoms with Crippen molar-refractivity contribution in [2.75, 3.05) is 19.1 Å². The van der Waals surface area contributed by atoms with Gasteiger partial charge in [0, 0.05) is 30.7 Å². The minimum Gasteiger partial charge on any atom is -0.495 e. The SMILES string of the molecule is COc1ccc(-c2cn3cc(C(=O)N(C)c4ccc(C#N)cc4)ncc3n2)cc1Cl. The van der Waals surface area contributed by atoms with Crippen molar-refractivity contribution in [1.29, 1.82) is 5.26 Å². The summed E-state index contributed by atoms with van der Waals surface area (Å²) >= 11 is 6.22. The molecule has 0 spiro atoms. The van der Waals surface area contributed by atoms with Gasteiger partial charge in [-0.1, -0.05) is 11.6 Å². The van der Waals surface area contributed by atoms with E-state index in [1.54, 1.807) is 67.4 Å². The first kappa shape index (κ1) is 19.4. The van der Waals surface area contributed by atoms with E-state index in [1.807, 2.05) is 12.3 Å². The number of carbonyl (C=O) groups excluding carboxylic acids is 1. The number of rotatable bonds is 4. The van der Waals surface area contributed by atoms with Gasteiger partial charge in [-0.2, -0.15) is 5.26 Å². The van der Waals surface area contributed by atoms with Gasteiger partial charge in [0.25, 0.3) is 5.91 Å². The van der Waals surface area contributed by atoms with Gasteiger partial charge in [0.05, 0.1) is 35.7 Å². The van der Waals surface area contributed by atoms with Gasteiger partial charge in [-0.25, -0.2) is 9.97 Å². The van der Waals surface area contributed by atoms with E-state index in [0.29, 0.717) is 33.4 Å². The zero-order valence-corrected chi connectivity index (χ0v) is 17.0. The lowest BCUT2D eigenvalue weighted by molar-refractivity contribution is 0.0988. The number of anilines is 1. The predicted molar refractivity (Wildman–Crippen MR) is 114 cm³/mol. The number of nitrogens with zero attached hydrogens (tertiary/aromatic N) is 5.